The maximum absolute atomic E-state index is 11.3. The molecular weight excluding hydrogens is 270 g/mol. The van der Waals surface area contributed by atoms with E-state index in [0.717, 1.165) is 23.5 Å². The van der Waals surface area contributed by atoms with Crippen LogP contribution in [-0.4, -0.2) is 34.4 Å². The Hall–Kier alpha value is -1.36. The summed E-state index contributed by atoms with van der Waals surface area (Å²) in [4.78, 5) is 7.48. The van der Waals surface area contributed by atoms with Crippen molar-refractivity contribution in [1.29, 1.82) is 0 Å². The fourth-order valence-electron chi connectivity index (χ4n) is 2.46. The molecule has 1 aromatic carbocycles. The lowest BCUT2D eigenvalue weighted by Gasteiger charge is -2.31. The highest BCUT2D eigenvalue weighted by atomic mass is 32.2. The Labute approximate surface area is 123 Å². The molecule has 0 amide bonds. The number of benzene rings is 1. The molecule has 0 bridgehead atoms. The predicted molar refractivity (Wildman–Crippen MR) is 84.1 cm³/mol. The topological polar surface area (TPSA) is 58.7 Å². The van der Waals surface area contributed by atoms with E-state index in [1.807, 2.05) is 24.3 Å². The number of piperidine rings is 1. The van der Waals surface area contributed by atoms with E-state index >= 15 is 0 Å². The Morgan fingerprint density at radius 3 is 2.75 bits per heavy atom. The summed E-state index contributed by atoms with van der Waals surface area (Å²) in [6.07, 6.45) is 4.15. The number of hydrogen-bond acceptors (Lipinski definition) is 2. The first-order valence-corrected chi connectivity index (χ1v) is 8.59. The summed E-state index contributed by atoms with van der Waals surface area (Å²) >= 11 is 0. The van der Waals surface area contributed by atoms with Crippen LogP contribution in [0.5, 0.6) is 0 Å². The van der Waals surface area contributed by atoms with Crippen molar-refractivity contribution in [2.45, 2.75) is 31.2 Å². The van der Waals surface area contributed by atoms with Gasteiger partial charge in [0.05, 0.1) is 6.54 Å². The van der Waals surface area contributed by atoms with Gasteiger partial charge < -0.3 is 10.6 Å². The van der Waals surface area contributed by atoms with Crippen molar-refractivity contribution in [2.24, 2.45) is 16.6 Å². The van der Waals surface area contributed by atoms with Crippen LogP contribution in [0.3, 0.4) is 0 Å². The molecule has 1 aliphatic heterocycles. The second-order valence-electron chi connectivity index (χ2n) is 5.47. The van der Waals surface area contributed by atoms with Crippen LogP contribution in [0.15, 0.2) is 34.2 Å². The van der Waals surface area contributed by atoms with E-state index in [1.54, 1.807) is 6.26 Å². The molecule has 1 aromatic rings. The van der Waals surface area contributed by atoms with Crippen LogP contribution < -0.4 is 5.73 Å². The van der Waals surface area contributed by atoms with Crippen molar-refractivity contribution in [3.05, 3.63) is 29.8 Å². The molecule has 0 aliphatic carbocycles. The molecule has 0 spiro atoms. The molecule has 4 nitrogen and oxygen atoms in total. The number of nitrogens with zero attached hydrogens (tertiary/aromatic N) is 2. The summed E-state index contributed by atoms with van der Waals surface area (Å²) in [5.74, 6) is 1.33. The molecule has 2 atom stereocenters. The smallest absolute Gasteiger partial charge is 0.191 e. The van der Waals surface area contributed by atoms with Crippen LogP contribution in [0.2, 0.25) is 0 Å². The van der Waals surface area contributed by atoms with E-state index < -0.39 is 10.8 Å². The van der Waals surface area contributed by atoms with E-state index in [1.165, 1.54) is 12.8 Å². The molecule has 2 N–H and O–H groups in total. The van der Waals surface area contributed by atoms with Crippen molar-refractivity contribution in [1.82, 2.24) is 4.90 Å². The highest BCUT2D eigenvalue weighted by molar-refractivity contribution is 7.84. The van der Waals surface area contributed by atoms with Crippen molar-refractivity contribution in [2.75, 3.05) is 19.3 Å². The maximum atomic E-state index is 11.3. The van der Waals surface area contributed by atoms with Gasteiger partial charge in [-0.15, -0.1) is 0 Å². The Morgan fingerprint density at radius 1 is 1.45 bits per heavy atom. The lowest BCUT2D eigenvalue weighted by atomic mass is 10.0. The quantitative estimate of drug-likeness (QED) is 0.685. The molecule has 0 radical (unpaired) electrons. The third kappa shape index (κ3) is 4.07. The molecule has 1 saturated heterocycles. The number of hydrogen-bond donors (Lipinski definition) is 1. The normalized spacial score (nSPS) is 21.8. The highest BCUT2D eigenvalue weighted by Gasteiger charge is 2.17. The predicted octanol–water partition coefficient (Wildman–Crippen LogP) is 1.97. The van der Waals surface area contributed by atoms with Gasteiger partial charge in [0, 0.05) is 35.0 Å². The molecular formula is C15H23N3OS. The zero-order valence-electron chi connectivity index (χ0n) is 12.2. The lowest BCUT2D eigenvalue weighted by molar-refractivity contribution is 0.270. The Morgan fingerprint density at radius 2 is 2.15 bits per heavy atom. The highest BCUT2D eigenvalue weighted by Crippen LogP contribution is 2.15. The number of likely N-dealkylation sites (tertiary alicyclic amines) is 1. The molecule has 110 valence electrons. The van der Waals surface area contributed by atoms with Gasteiger partial charge >= 0.3 is 0 Å². The van der Waals surface area contributed by atoms with Gasteiger partial charge in [-0.1, -0.05) is 19.1 Å². The molecule has 2 unspecified atom stereocenters. The molecule has 1 heterocycles. The van der Waals surface area contributed by atoms with Gasteiger partial charge in [0.2, 0.25) is 0 Å². The van der Waals surface area contributed by atoms with Crippen LogP contribution in [0.4, 0.5) is 0 Å². The van der Waals surface area contributed by atoms with Gasteiger partial charge in [-0.3, -0.25) is 4.21 Å². The van der Waals surface area contributed by atoms with Gasteiger partial charge in [-0.05, 0) is 36.5 Å². The molecule has 20 heavy (non-hydrogen) atoms. The first-order valence-electron chi connectivity index (χ1n) is 7.03. The molecule has 0 aromatic heterocycles. The zero-order chi connectivity index (χ0) is 14.5. The van der Waals surface area contributed by atoms with Crippen LogP contribution in [0.25, 0.3) is 0 Å². The van der Waals surface area contributed by atoms with E-state index in [9.17, 15) is 4.21 Å². The molecule has 1 fully saturated rings. The molecule has 5 heteroatoms. The average Bonchev–Trinajstić information content (AvgIpc) is 2.45. The van der Waals surface area contributed by atoms with Crippen LogP contribution in [0.1, 0.15) is 25.3 Å². The van der Waals surface area contributed by atoms with Gasteiger partial charge in [0.25, 0.3) is 0 Å². The third-order valence-corrected chi connectivity index (χ3v) is 4.60. The Kier molecular flexibility index (Phi) is 5.17. The van der Waals surface area contributed by atoms with Crippen molar-refractivity contribution >= 4 is 16.8 Å². The molecule has 1 aliphatic rings. The number of guanidine groups is 1. The van der Waals surface area contributed by atoms with Gasteiger partial charge in [-0.2, -0.15) is 0 Å². The molecule has 2 rings (SSSR count). The van der Waals surface area contributed by atoms with Gasteiger partial charge in [-0.25, -0.2) is 4.99 Å². The summed E-state index contributed by atoms with van der Waals surface area (Å²) in [5, 5.41) is 0. The van der Waals surface area contributed by atoms with Gasteiger partial charge in [0.15, 0.2) is 5.96 Å². The van der Waals surface area contributed by atoms with Crippen LogP contribution >= 0.6 is 0 Å². The lowest BCUT2D eigenvalue weighted by Crippen LogP contribution is -2.43. The number of nitrogens with two attached hydrogens (primary N) is 1. The monoisotopic (exact) mass is 293 g/mol. The zero-order valence-corrected chi connectivity index (χ0v) is 13.0. The first-order chi connectivity index (χ1) is 9.56. The summed E-state index contributed by atoms with van der Waals surface area (Å²) in [6.45, 7) is 4.84. The van der Waals surface area contributed by atoms with E-state index in [2.05, 4.69) is 16.8 Å². The maximum Gasteiger partial charge on any atom is 0.191 e. The number of aliphatic imine (C=N–C) groups is 1. The SMILES string of the molecule is CC1CCCN(C(N)=NCc2ccc(S(C)=O)cc2)C1. The fraction of sp³-hybridized carbons (Fsp3) is 0.533. The van der Waals surface area contributed by atoms with E-state index in [4.69, 9.17) is 5.73 Å². The first kappa shape index (κ1) is 15.0. The fourth-order valence-corrected chi connectivity index (χ4v) is 2.98. The Balaban J connectivity index is 1.95. The number of rotatable bonds is 3. The van der Waals surface area contributed by atoms with Crippen molar-refractivity contribution in [3.63, 3.8) is 0 Å². The Bertz CT molecular complexity index is 498. The van der Waals surface area contributed by atoms with Crippen LogP contribution in [0, 0.1) is 5.92 Å². The largest absolute Gasteiger partial charge is 0.370 e. The van der Waals surface area contributed by atoms with E-state index in [-0.39, 0.29) is 0 Å². The minimum atomic E-state index is -0.927. The van der Waals surface area contributed by atoms with Crippen LogP contribution in [-0.2, 0) is 17.3 Å². The van der Waals surface area contributed by atoms with Gasteiger partial charge in [0.1, 0.15) is 0 Å². The van der Waals surface area contributed by atoms with Crippen molar-refractivity contribution < 1.29 is 4.21 Å². The average molecular weight is 293 g/mol. The molecule has 0 saturated carbocycles. The minimum absolute atomic E-state index is 0.577. The third-order valence-electron chi connectivity index (χ3n) is 3.66. The summed E-state index contributed by atoms with van der Waals surface area (Å²) in [6, 6.07) is 7.71. The summed E-state index contributed by atoms with van der Waals surface area (Å²) in [5.41, 5.74) is 7.15. The standard InChI is InChI=1S/C15H23N3OS/c1-12-4-3-9-18(11-12)15(16)17-10-13-5-7-14(8-6-13)20(2)19/h5-8,12H,3-4,9-11H2,1-2H3,(H2,16,17). The second-order valence-corrected chi connectivity index (χ2v) is 6.85. The van der Waals surface area contributed by atoms with E-state index in [0.29, 0.717) is 18.4 Å². The summed E-state index contributed by atoms with van der Waals surface area (Å²) < 4.78 is 11.3. The minimum Gasteiger partial charge on any atom is -0.370 e. The second kappa shape index (κ2) is 6.88. The van der Waals surface area contributed by atoms with Crippen molar-refractivity contribution in [3.8, 4) is 0 Å². The summed E-state index contributed by atoms with van der Waals surface area (Å²) in [7, 11) is -0.927.